The average Bonchev–Trinajstić information content (AvgIpc) is 2.34. The largest absolute Gasteiger partial charge is 0.295 e. The second-order valence-corrected chi connectivity index (χ2v) is 7.42. The van der Waals surface area contributed by atoms with E-state index in [1.807, 2.05) is 6.07 Å². The highest BCUT2D eigenvalue weighted by atomic mass is 32.2. The van der Waals surface area contributed by atoms with Gasteiger partial charge in [-0.25, -0.2) is 13.1 Å². The second-order valence-electron chi connectivity index (χ2n) is 5.70. The predicted molar refractivity (Wildman–Crippen MR) is 76.5 cm³/mol. The van der Waals surface area contributed by atoms with Gasteiger partial charge in [-0.2, -0.15) is 0 Å². The Morgan fingerprint density at radius 1 is 1.26 bits per heavy atom. The highest BCUT2D eigenvalue weighted by molar-refractivity contribution is 7.89. The number of sulfonamides is 1. The molecule has 0 unspecified atom stereocenters. The molecule has 1 aromatic rings. The molecule has 0 aromatic heterocycles. The first-order valence-electron chi connectivity index (χ1n) is 6.67. The summed E-state index contributed by atoms with van der Waals surface area (Å²) < 4.78 is 27.0. The minimum absolute atomic E-state index is 0.0241. The lowest BCUT2D eigenvalue weighted by molar-refractivity contribution is 0.0293. The van der Waals surface area contributed by atoms with Crippen molar-refractivity contribution in [2.75, 3.05) is 13.1 Å². The van der Waals surface area contributed by atoms with Gasteiger partial charge >= 0.3 is 0 Å². The summed E-state index contributed by atoms with van der Waals surface area (Å²) in [5.41, 5.74) is 0.148. The van der Waals surface area contributed by atoms with E-state index in [1.54, 1.807) is 24.3 Å². The van der Waals surface area contributed by atoms with Crippen LogP contribution in [-0.2, 0) is 10.0 Å². The van der Waals surface area contributed by atoms with Gasteiger partial charge in [0.2, 0.25) is 10.0 Å². The van der Waals surface area contributed by atoms with Gasteiger partial charge in [-0.15, -0.1) is 0 Å². The minimum atomic E-state index is -3.37. The standard InChI is InChI=1S/C14H22N2O2S/c1-4-14(2,3)16-10-12(11-16)15-19(17,18)13-8-6-5-7-9-13/h5-9,12,15H,4,10-11H2,1-3H3. The predicted octanol–water partition coefficient (Wildman–Crippen LogP) is 1.84. The van der Waals surface area contributed by atoms with Crippen molar-refractivity contribution in [3.63, 3.8) is 0 Å². The summed E-state index contributed by atoms with van der Waals surface area (Å²) in [6.07, 6.45) is 1.06. The highest BCUT2D eigenvalue weighted by Gasteiger charge is 2.37. The Labute approximate surface area is 115 Å². The lowest BCUT2D eigenvalue weighted by Crippen LogP contribution is -2.65. The maximum absolute atomic E-state index is 12.1. The quantitative estimate of drug-likeness (QED) is 0.896. The van der Waals surface area contributed by atoms with E-state index in [9.17, 15) is 8.42 Å². The Hall–Kier alpha value is -0.910. The van der Waals surface area contributed by atoms with Crippen molar-refractivity contribution >= 4 is 10.0 Å². The van der Waals surface area contributed by atoms with Crippen LogP contribution >= 0.6 is 0 Å². The number of benzene rings is 1. The molecule has 2 rings (SSSR count). The van der Waals surface area contributed by atoms with E-state index in [1.165, 1.54) is 0 Å². The van der Waals surface area contributed by atoms with Crippen molar-refractivity contribution < 1.29 is 8.42 Å². The molecular weight excluding hydrogens is 260 g/mol. The molecule has 0 spiro atoms. The van der Waals surface area contributed by atoms with Crippen LogP contribution in [0.2, 0.25) is 0 Å². The van der Waals surface area contributed by atoms with Crippen LogP contribution in [0.4, 0.5) is 0 Å². The van der Waals surface area contributed by atoms with Gasteiger partial charge in [-0.3, -0.25) is 4.90 Å². The third-order valence-corrected chi connectivity index (χ3v) is 5.51. The molecule has 1 heterocycles. The van der Waals surface area contributed by atoms with Crippen molar-refractivity contribution in [2.24, 2.45) is 0 Å². The van der Waals surface area contributed by atoms with Gasteiger partial charge in [0.25, 0.3) is 0 Å². The van der Waals surface area contributed by atoms with Crippen LogP contribution in [0, 0.1) is 0 Å². The number of rotatable bonds is 5. The maximum atomic E-state index is 12.1. The fraction of sp³-hybridized carbons (Fsp3) is 0.571. The molecule has 106 valence electrons. The molecule has 1 aliphatic heterocycles. The molecule has 1 aromatic carbocycles. The van der Waals surface area contributed by atoms with Gasteiger partial charge < -0.3 is 0 Å². The van der Waals surface area contributed by atoms with Crippen LogP contribution in [0.3, 0.4) is 0 Å². The summed E-state index contributed by atoms with van der Waals surface area (Å²) >= 11 is 0. The van der Waals surface area contributed by atoms with Crippen LogP contribution in [0.25, 0.3) is 0 Å². The Morgan fingerprint density at radius 3 is 2.37 bits per heavy atom. The first-order chi connectivity index (χ1) is 8.85. The number of hydrogen-bond donors (Lipinski definition) is 1. The van der Waals surface area contributed by atoms with Crippen molar-refractivity contribution in [3.05, 3.63) is 30.3 Å². The zero-order chi connectivity index (χ0) is 14.1. The molecular formula is C14H22N2O2S. The lowest BCUT2D eigenvalue weighted by Gasteiger charge is -2.49. The fourth-order valence-electron chi connectivity index (χ4n) is 2.16. The van der Waals surface area contributed by atoms with E-state index < -0.39 is 10.0 Å². The number of likely N-dealkylation sites (tertiary alicyclic amines) is 1. The molecule has 0 saturated carbocycles. The molecule has 0 atom stereocenters. The molecule has 5 heteroatoms. The van der Waals surface area contributed by atoms with Gasteiger partial charge in [-0.1, -0.05) is 25.1 Å². The molecule has 1 fully saturated rings. The van der Waals surface area contributed by atoms with Crippen LogP contribution in [0.5, 0.6) is 0 Å². The van der Waals surface area contributed by atoms with Gasteiger partial charge in [0.05, 0.1) is 4.90 Å². The normalized spacial score (nSPS) is 18.3. The van der Waals surface area contributed by atoms with E-state index in [2.05, 4.69) is 30.4 Å². The molecule has 0 aliphatic carbocycles. The number of nitrogens with one attached hydrogen (secondary N) is 1. The summed E-state index contributed by atoms with van der Waals surface area (Å²) in [7, 11) is -3.37. The molecule has 4 nitrogen and oxygen atoms in total. The van der Waals surface area contributed by atoms with E-state index in [0.717, 1.165) is 19.5 Å². The van der Waals surface area contributed by atoms with Crippen LogP contribution < -0.4 is 4.72 Å². The van der Waals surface area contributed by atoms with Crippen molar-refractivity contribution in [3.8, 4) is 0 Å². The highest BCUT2D eigenvalue weighted by Crippen LogP contribution is 2.25. The maximum Gasteiger partial charge on any atom is 0.240 e. The Morgan fingerprint density at radius 2 is 1.84 bits per heavy atom. The van der Waals surface area contributed by atoms with Crippen molar-refractivity contribution in [1.29, 1.82) is 0 Å². The van der Waals surface area contributed by atoms with Crippen LogP contribution in [0.1, 0.15) is 27.2 Å². The first-order valence-corrected chi connectivity index (χ1v) is 8.16. The lowest BCUT2D eigenvalue weighted by atomic mass is 9.93. The summed E-state index contributed by atoms with van der Waals surface area (Å²) in [5, 5.41) is 0. The smallest absolute Gasteiger partial charge is 0.240 e. The molecule has 0 bridgehead atoms. The summed E-state index contributed by atoms with van der Waals surface area (Å²) in [5.74, 6) is 0. The first kappa shape index (κ1) is 14.5. The van der Waals surface area contributed by atoms with E-state index in [-0.39, 0.29) is 11.6 Å². The molecule has 1 saturated heterocycles. The minimum Gasteiger partial charge on any atom is -0.295 e. The van der Waals surface area contributed by atoms with E-state index in [4.69, 9.17) is 0 Å². The third-order valence-electron chi connectivity index (χ3n) is 3.98. The monoisotopic (exact) mass is 282 g/mol. The van der Waals surface area contributed by atoms with Gasteiger partial charge in [-0.05, 0) is 32.4 Å². The Kier molecular flexibility index (Phi) is 3.99. The average molecular weight is 282 g/mol. The van der Waals surface area contributed by atoms with E-state index in [0.29, 0.717) is 4.90 Å². The van der Waals surface area contributed by atoms with Crippen LogP contribution in [0.15, 0.2) is 35.2 Å². The molecule has 1 aliphatic rings. The van der Waals surface area contributed by atoms with Gasteiger partial charge in [0.1, 0.15) is 0 Å². The van der Waals surface area contributed by atoms with E-state index >= 15 is 0 Å². The molecule has 1 N–H and O–H groups in total. The molecule has 0 radical (unpaired) electrons. The number of nitrogens with zero attached hydrogens (tertiary/aromatic N) is 1. The fourth-order valence-corrected chi connectivity index (χ4v) is 3.40. The topological polar surface area (TPSA) is 49.4 Å². The SMILES string of the molecule is CCC(C)(C)N1CC(NS(=O)(=O)c2ccccc2)C1. The molecule has 19 heavy (non-hydrogen) atoms. The zero-order valence-electron chi connectivity index (χ0n) is 11.8. The van der Waals surface area contributed by atoms with Gasteiger partial charge in [0.15, 0.2) is 0 Å². The summed E-state index contributed by atoms with van der Waals surface area (Å²) in [6.45, 7) is 8.10. The Balaban J connectivity index is 1.95. The van der Waals surface area contributed by atoms with Gasteiger partial charge in [0, 0.05) is 24.7 Å². The molecule has 0 amide bonds. The van der Waals surface area contributed by atoms with Crippen LogP contribution in [-0.4, -0.2) is 38.0 Å². The Bertz CT molecular complexity index is 520. The summed E-state index contributed by atoms with van der Waals surface area (Å²) in [6, 6.07) is 8.55. The third kappa shape index (κ3) is 3.16. The second kappa shape index (κ2) is 5.23. The van der Waals surface area contributed by atoms with Crippen molar-refractivity contribution in [2.45, 2.75) is 43.7 Å². The number of hydrogen-bond acceptors (Lipinski definition) is 3. The summed E-state index contributed by atoms with van der Waals surface area (Å²) in [4.78, 5) is 2.65. The van der Waals surface area contributed by atoms with Crippen molar-refractivity contribution in [1.82, 2.24) is 9.62 Å². The zero-order valence-corrected chi connectivity index (χ0v) is 12.6.